The van der Waals surface area contributed by atoms with Gasteiger partial charge in [0.05, 0.1) is 59.2 Å². The van der Waals surface area contributed by atoms with E-state index in [1.54, 1.807) is 83.1 Å². The number of benzene rings is 1. The molecule has 0 spiro atoms. The Bertz CT molecular complexity index is 3200. The molecular formula is C67H119N11O18SSi. The van der Waals surface area contributed by atoms with Crippen LogP contribution in [0, 0.1) is 32.6 Å². The molecule has 560 valence electrons. The first-order chi connectivity index (χ1) is 44.2. The number of carbonyl (C=O) groups excluding carboxylic acids is 8. The maximum Gasteiger partial charge on any atom is 0.408 e. The van der Waals surface area contributed by atoms with E-state index in [0.29, 0.717) is 35.3 Å². The lowest BCUT2D eigenvalue weighted by atomic mass is 9.72. The molecule has 0 fully saturated rings. The van der Waals surface area contributed by atoms with Crippen molar-refractivity contribution >= 4 is 77.3 Å². The molecule has 98 heavy (non-hydrogen) atoms. The third-order valence-corrected chi connectivity index (χ3v) is 19.6. The van der Waals surface area contributed by atoms with E-state index in [1.807, 2.05) is 33.5 Å². The van der Waals surface area contributed by atoms with Crippen molar-refractivity contribution < 1.29 is 85.5 Å². The Hall–Kier alpha value is -6.03. The zero-order valence-corrected chi connectivity index (χ0v) is 64.7. The predicted molar refractivity (Wildman–Crippen MR) is 375 cm³/mol. The van der Waals surface area contributed by atoms with Crippen LogP contribution in [0.25, 0.3) is 0 Å². The van der Waals surface area contributed by atoms with Crippen molar-refractivity contribution in [1.29, 1.82) is 0 Å². The number of nitrogens with two attached hydrogens (primary N) is 5. The van der Waals surface area contributed by atoms with Gasteiger partial charge in [-0.2, -0.15) is 0 Å². The number of amides is 7. The molecule has 0 aliphatic carbocycles. The van der Waals surface area contributed by atoms with Gasteiger partial charge in [0.25, 0.3) is 15.9 Å². The van der Waals surface area contributed by atoms with Crippen molar-refractivity contribution in [2.45, 2.75) is 297 Å². The number of ether oxygens (including phenoxy) is 5. The number of nitrogens with zero attached hydrogens (tertiary/aromatic N) is 4. The fourth-order valence-corrected chi connectivity index (χ4v) is 14.1. The lowest BCUT2D eigenvalue weighted by Gasteiger charge is -2.49. The molecule has 7 amide bonds. The van der Waals surface area contributed by atoms with Crippen molar-refractivity contribution in [2.75, 3.05) is 26.3 Å². The molecule has 0 bridgehead atoms. The molecule has 10 atom stereocenters. The Morgan fingerprint density at radius 1 is 0.745 bits per heavy atom. The lowest BCUT2D eigenvalue weighted by molar-refractivity contribution is -0.178. The van der Waals surface area contributed by atoms with E-state index in [0.717, 1.165) is 5.56 Å². The minimum Gasteiger partial charge on any atom is -0.487 e. The van der Waals surface area contributed by atoms with Crippen molar-refractivity contribution in [3.63, 3.8) is 0 Å². The SMILES string of the molecule is CC[C@H](C)[C@@](C(=O)[C@@H](NC(=O)OC(C)(C)C)[C@H](O)C(C)C)(C(=O)N(CC(=O)N(C(=O)[C@@H](N)COC(C)(C)C)[C@@H](COC(C)(C)C)C(=O)O)C(=O)[C@@H](N)[C@H](C)OC(C)(C)C)N(C(=O)[C@H](N)CCCN=C(N)NS(=O)(=O)c1c(C)c(C)c2c(c1C)CCC(C)(C)O2)C(=O)[C@@H](N)C[Si](C)(C)C. The molecule has 14 N–H and O–H groups in total. The van der Waals surface area contributed by atoms with Gasteiger partial charge in [-0.3, -0.25) is 53.3 Å². The number of fused-ring (bicyclic) bond motifs is 1. The van der Waals surface area contributed by atoms with Gasteiger partial charge in [0.15, 0.2) is 17.4 Å². The monoisotopic (exact) mass is 1430 g/mol. The fourth-order valence-electron chi connectivity index (χ4n) is 11.1. The number of carboxylic acid groups (broad SMARTS) is 1. The molecule has 29 nitrogen and oxygen atoms in total. The number of imide groups is 3. The Morgan fingerprint density at radius 2 is 1.28 bits per heavy atom. The van der Waals surface area contributed by atoms with Crippen LogP contribution in [-0.4, -0.2) is 209 Å². The molecule has 1 aliphatic rings. The molecule has 0 unspecified atom stereocenters. The highest BCUT2D eigenvalue weighted by molar-refractivity contribution is 7.90. The molecule has 1 aromatic rings. The Kier molecular flexibility index (Phi) is 30.6. The van der Waals surface area contributed by atoms with Crippen LogP contribution in [0.2, 0.25) is 25.7 Å². The number of hydrogen-bond acceptors (Lipinski definition) is 22. The Morgan fingerprint density at radius 3 is 1.76 bits per heavy atom. The van der Waals surface area contributed by atoms with E-state index in [-0.39, 0.29) is 38.6 Å². The number of aliphatic hydroxyl groups excluding tert-OH is 1. The average molecular weight is 1430 g/mol. The molecule has 1 aromatic carbocycles. The molecule has 31 heteroatoms. The summed E-state index contributed by atoms with van der Waals surface area (Å²) in [5.74, 6) is -15.7. The number of ketones is 1. The van der Waals surface area contributed by atoms with E-state index in [4.69, 9.17) is 52.4 Å². The van der Waals surface area contributed by atoms with Crippen LogP contribution in [0.15, 0.2) is 9.89 Å². The topological polar surface area (TPSA) is 451 Å². The number of rotatable bonds is 31. The molecule has 0 aromatic heterocycles. The van der Waals surface area contributed by atoms with Gasteiger partial charge in [-0.1, -0.05) is 53.8 Å². The third kappa shape index (κ3) is 24.1. The van der Waals surface area contributed by atoms with Crippen molar-refractivity contribution in [2.24, 2.45) is 45.5 Å². The number of guanidine groups is 1. The van der Waals surface area contributed by atoms with E-state index in [9.17, 15) is 33.0 Å². The van der Waals surface area contributed by atoms with Gasteiger partial charge in [0.1, 0.15) is 41.6 Å². The zero-order chi connectivity index (χ0) is 76.5. The number of aliphatic carboxylic acids is 1. The van der Waals surface area contributed by atoms with Gasteiger partial charge < -0.3 is 67.9 Å². The molecule has 1 heterocycles. The summed E-state index contributed by atoms with van der Waals surface area (Å²) in [6.45, 7) is 36.6. The number of alkyl carbamates (subject to hydrolysis) is 1. The Labute approximate surface area is 581 Å². The van der Waals surface area contributed by atoms with Crippen LogP contribution in [-0.2, 0) is 73.7 Å². The van der Waals surface area contributed by atoms with Crippen LogP contribution in [0.3, 0.4) is 0 Å². The molecule has 2 rings (SSSR count). The highest BCUT2D eigenvalue weighted by Gasteiger charge is 2.64. The van der Waals surface area contributed by atoms with Crippen molar-refractivity contribution in [1.82, 2.24) is 24.7 Å². The van der Waals surface area contributed by atoms with Crippen molar-refractivity contribution in [3.05, 3.63) is 22.3 Å². The highest BCUT2D eigenvalue weighted by Crippen LogP contribution is 2.43. The number of nitrogens with one attached hydrogen (secondary N) is 2. The van der Waals surface area contributed by atoms with Crippen LogP contribution in [0.5, 0.6) is 5.75 Å². The summed E-state index contributed by atoms with van der Waals surface area (Å²) >= 11 is 0. The minimum atomic E-state index is -4.40. The van der Waals surface area contributed by atoms with Crippen molar-refractivity contribution in [3.8, 4) is 5.75 Å². The van der Waals surface area contributed by atoms with Gasteiger partial charge in [0.2, 0.25) is 35.5 Å². The summed E-state index contributed by atoms with van der Waals surface area (Å²) in [5, 5.41) is 25.6. The first kappa shape index (κ1) is 88.1. The number of carbonyl (C=O) groups is 9. The number of sulfonamides is 1. The van der Waals surface area contributed by atoms with E-state index < -0.39 is 204 Å². The third-order valence-electron chi connectivity index (χ3n) is 16.3. The number of carboxylic acids is 1. The van der Waals surface area contributed by atoms with Gasteiger partial charge in [-0.05, 0) is 190 Å². The highest BCUT2D eigenvalue weighted by atomic mass is 32.2. The first-order valence-electron chi connectivity index (χ1n) is 33.4. The Balaban J connectivity index is 3.37. The smallest absolute Gasteiger partial charge is 0.408 e. The molecule has 0 saturated heterocycles. The number of aliphatic imine (C=N–C) groups is 1. The summed E-state index contributed by atoms with van der Waals surface area (Å²) < 4.78 is 60.3. The van der Waals surface area contributed by atoms with Crippen LogP contribution in [0.1, 0.15) is 179 Å². The average Bonchev–Trinajstić information content (AvgIpc) is 0.728. The van der Waals surface area contributed by atoms with E-state index in [1.165, 1.54) is 55.4 Å². The van der Waals surface area contributed by atoms with Gasteiger partial charge >= 0.3 is 12.1 Å². The van der Waals surface area contributed by atoms with Gasteiger partial charge in [0, 0.05) is 14.6 Å². The summed E-state index contributed by atoms with van der Waals surface area (Å²) in [4.78, 5) is 145. The van der Waals surface area contributed by atoms with Crippen LogP contribution < -0.4 is 43.4 Å². The number of aliphatic hydroxyl groups is 1. The normalized spacial score (nSPS) is 17.4. The summed E-state index contributed by atoms with van der Waals surface area (Å²) in [6, 6.07) is -12.3. The maximum absolute atomic E-state index is 17.2. The second kappa shape index (κ2) is 34.1. The largest absolute Gasteiger partial charge is 0.487 e. The molecule has 0 radical (unpaired) electrons. The maximum atomic E-state index is 17.2. The second-order valence-corrected chi connectivity index (χ2v) is 38.9. The summed E-state index contributed by atoms with van der Waals surface area (Å²) in [7, 11) is -6.97. The van der Waals surface area contributed by atoms with Gasteiger partial charge in [-0.15, -0.1) is 0 Å². The second-order valence-electron chi connectivity index (χ2n) is 31.8. The fraction of sp³-hybridized carbons (Fsp3) is 0.761. The lowest BCUT2D eigenvalue weighted by Crippen LogP contribution is -2.77. The van der Waals surface area contributed by atoms with Gasteiger partial charge in [-0.25, -0.2) is 22.7 Å². The van der Waals surface area contributed by atoms with Crippen LogP contribution >= 0.6 is 0 Å². The summed E-state index contributed by atoms with van der Waals surface area (Å²) in [5.41, 5.74) is 26.9. The van der Waals surface area contributed by atoms with E-state index >= 15 is 28.8 Å². The van der Waals surface area contributed by atoms with Crippen LogP contribution in [0.4, 0.5) is 4.79 Å². The molecule has 1 aliphatic heterocycles. The summed E-state index contributed by atoms with van der Waals surface area (Å²) in [6.07, 6.45) is -4.70. The van der Waals surface area contributed by atoms with E-state index in [2.05, 4.69) is 15.0 Å². The first-order valence-corrected chi connectivity index (χ1v) is 38.6. The number of hydrogen-bond donors (Lipinski definition) is 9. The molecular weight excluding hydrogens is 1310 g/mol. The number of Topliss-reactive ketones (excluding diaryl/α,β-unsaturated/α-hetero) is 1. The quantitative estimate of drug-likeness (QED) is 0.0164. The molecule has 0 saturated carbocycles. The standard InChI is InChI=1S/C67H119N11O18SSi/c1-26-37(4)67(53(81)49(50(80)36(2)3)74-61(89)96-65(18,19)20,59(88)76(57(85)48(71)41(8)94-64(15,16)17)32-47(79)77(46(58(86)87)34-93-63(12,13)14)54(82)44(69)33-92-62(9,10)11)78(56(84)45(70)35-98(23,24)25)55(83)43(68)28-27-31-73-60(72)75-97(90,91)52-39(6)38(5)51-42(40(52)7)29-30-66(21,22)95-51/h36-37,41,43-46,48-50,80H,26-35,68-71H2,1-25H3,(H,74,89)(H,86,87)(H3,72,73,75)/t37-,41-,43+,44-,45-,46-,48-,49-,50+,67+/m0/s1. The minimum absolute atomic E-state index is 0.0236. The predicted octanol–water partition coefficient (Wildman–Crippen LogP) is 4.35. The zero-order valence-electron chi connectivity index (χ0n) is 62.9.